The summed E-state index contributed by atoms with van der Waals surface area (Å²) in [5, 5.41) is 3.58. The van der Waals surface area contributed by atoms with Crippen LogP contribution in [0.15, 0.2) is 18.2 Å². The smallest absolute Gasteiger partial charge is 0.0210 e. The Kier molecular flexibility index (Phi) is 3.11. The predicted molar refractivity (Wildman–Crippen MR) is 64.9 cm³/mol. The van der Waals surface area contributed by atoms with Crippen LogP contribution in [0.5, 0.6) is 0 Å². The van der Waals surface area contributed by atoms with Crippen LogP contribution in [0.25, 0.3) is 0 Å². The van der Waals surface area contributed by atoms with Gasteiger partial charge in [-0.05, 0) is 55.3 Å². The molecule has 1 heteroatoms. The van der Waals surface area contributed by atoms with Crippen molar-refractivity contribution in [1.82, 2.24) is 5.32 Å². The van der Waals surface area contributed by atoms with Gasteiger partial charge in [0.25, 0.3) is 0 Å². The molecule has 82 valence electrons. The maximum atomic E-state index is 3.58. The number of aryl methyl sites for hydroxylation is 2. The largest absolute Gasteiger partial charge is 0.312 e. The Morgan fingerprint density at radius 3 is 2.40 bits per heavy atom. The van der Waals surface area contributed by atoms with Gasteiger partial charge in [-0.3, -0.25) is 0 Å². The minimum Gasteiger partial charge on any atom is -0.312 e. The molecule has 15 heavy (non-hydrogen) atoms. The number of benzene rings is 1. The lowest BCUT2D eigenvalue weighted by Gasteiger charge is -2.10. The molecule has 0 spiro atoms. The summed E-state index contributed by atoms with van der Waals surface area (Å²) >= 11 is 0. The molecule has 0 bridgehead atoms. The van der Waals surface area contributed by atoms with Crippen LogP contribution in [0.3, 0.4) is 0 Å². The van der Waals surface area contributed by atoms with Crippen LogP contribution in [0.2, 0.25) is 0 Å². The van der Waals surface area contributed by atoms with Crippen molar-refractivity contribution in [1.29, 1.82) is 0 Å². The van der Waals surface area contributed by atoms with Crippen molar-refractivity contribution in [2.75, 3.05) is 6.54 Å². The fourth-order valence-corrected chi connectivity index (χ4v) is 2.19. The maximum absolute atomic E-state index is 3.58. The quantitative estimate of drug-likeness (QED) is 0.793. The maximum Gasteiger partial charge on any atom is 0.0210 e. The topological polar surface area (TPSA) is 12.0 Å². The van der Waals surface area contributed by atoms with E-state index >= 15 is 0 Å². The molecular weight excluding hydrogens is 182 g/mol. The first-order valence-corrected chi connectivity index (χ1v) is 5.94. The SMILES string of the molecule is Cc1cccc(C)c1CNCC1CC1C. The van der Waals surface area contributed by atoms with Crippen molar-refractivity contribution in [2.45, 2.75) is 33.7 Å². The molecule has 0 heterocycles. The van der Waals surface area contributed by atoms with Crippen LogP contribution in [0.1, 0.15) is 30.0 Å². The van der Waals surface area contributed by atoms with Gasteiger partial charge in [-0.1, -0.05) is 25.1 Å². The molecule has 1 saturated carbocycles. The minimum atomic E-state index is 0.939. The zero-order valence-corrected chi connectivity index (χ0v) is 10.0. The Morgan fingerprint density at radius 1 is 1.27 bits per heavy atom. The van der Waals surface area contributed by atoms with Crippen LogP contribution >= 0.6 is 0 Å². The van der Waals surface area contributed by atoms with E-state index in [0.717, 1.165) is 18.4 Å². The lowest BCUT2D eigenvalue weighted by atomic mass is 10.0. The van der Waals surface area contributed by atoms with Crippen LogP contribution in [0, 0.1) is 25.7 Å². The van der Waals surface area contributed by atoms with Gasteiger partial charge in [-0.15, -0.1) is 0 Å². The Bertz CT molecular complexity index is 323. The van der Waals surface area contributed by atoms with Crippen LogP contribution < -0.4 is 5.32 Å². The summed E-state index contributed by atoms with van der Waals surface area (Å²) in [6, 6.07) is 6.53. The first-order valence-electron chi connectivity index (χ1n) is 5.94. The molecule has 1 fully saturated rings. The first kappa shape index (κ1) is 10.7. The number of nitrogens with one attached hydrogen (secondary N) is 1. The van der Waals surface area contributed by atoms with E-state index in [1.165, 1.54) is 29.7 Å². The third-order valence-electron chi connectivity index (χ3n) is 3.63. The number of rotatable bonds is 4. The van der Waals surface area contributed by atoms with E-state index in [4.69, 9.17) is 0 Å². The van der Waals surface area contributed by atoms with Crippen molar-refractivity contribution in [3.05, 3.63) is 34.9 Å². The summed E-state index contributed by atoms with van der Waals surface area (Å²) in [5.41, 5.74) is 4.29. The normalized spacial score (nSPS) is 24.2. The van der Waals surface area contributed by atoms with Gasteiger partial charge in [-0.2, -0.15) is 0 Å². The second kappa shape index (κ2) is 4.36. The zero-order valence-electron chi connectivity index (χ0n) is 10.0. The molecule has 2 atom stereocenters. The minimum absolute atomic E-state index is 0.939. The summed E-state index contributed by atoms with van der Waals surface area (Å²) in [7, 11) is 0. The molecular formula is C14H21N. The summed E-state index contributed by atoms with van der Waals surface area (Å²) in [6.45, 7) is 8.95. The van der Waals surface area contributed by atoms with Gasteiger partial charge in [0.2, 0.25) is 0 Å². The standard InChI is InChI=1S/C14H21N/c1-10-5-4-6-11(2)14(10)9-15-8-13-7-12(13)3/h4-6,12-13,15H,7-9H2,1-3H3. The monoisotopic (exact) mass is 203 g/mol. The van der Waals surface area contributed by atoms with E-state index in [-0.39, 0.29) is 0 Å². The molecule has 0 amide bonds. The van der Waals surface area contributed by atoms with Gasteiger partial charge in [0.05, 0.1) is 0 Å². The molecule has 1 aliphatic carbocycles. The Morgan fingerprint density at radius 2 is 1.87 bits per heavy atom. The molecule has 0 aromatic heterocycles. The van der Waals surface area contributed by atoms with E-state index in [0.29, 0.717) is 0 Å². The fourth-order valence-electron chi connectivity index (χ4n) is 2.19. The van der Waals surface area contributed by atoms with Gasteiger partial charge in [0.1, 0.15) is 0 Å². The van der Waals surface area contributed by atoms with E-state index in [1.807, 2.05) is 0 Å². The molecule has 1 aromatic carbocycles. The fraction of sp³-hybridized carbons (Fsp3) is 0.571. The lowest BCUT2D eigenvalue weighted by Crippen LogP contribution is -2.18. The zero-order chi connectivity index (χ0) is 10.8. The van der Waals surface area contributed by atoms with Gasteiger partial charge in [-0.25, -0.2) is 0 Å². The van der Waals surface area contributed by atoms with Gasteiger partial charge in [0.15, 0.2) is 0 Å². The van der Waals surface area contributed by atoms with Gasteiger partial charge < -0.3 is 5.32 Å². The molecule has 0 radical (unpaired) electrons. The molecule has 2 rings (SSSR count). The highest BCUT2D eigenvalue weighted by molar-refractivity contribution is 5.33. The van der Waals surface area contributed by atoms with E-state index in [2.05, 4.69) is 44.3 Å². The molecule has 0 saturated heterocycles. The molecule has 0 aliphatic heterocycles. The Balaban J connectivity index is 1.87. The average Bonchev–Trinajstić information content (AvgIpc) is 2.87. The van der Waals surface area contributed by atoms with Crippen LogP contribution in [-0.4, -0.2) is 6.54 Å². The van der Waals surface area contributed by atoms with E-state index in [1.54, 1.807) is 0 Å². The molecule has 1 N–H and O–H groups in total. The number of hydrogen-bond acceptors (Lipinski definition) is 1. The summed E-state index contributed by atoms with van der Waals surface area (Å²) in [4.78, 5) is 0. The highest BCUT2D eigenvalue weighted by atomic mass is 14.9. The van der Waals surface area contributed by atoms with Crippen molar-refractivity contribution >= 4 is 0 Å². The second-order valence-corrected chi connectivity index (χ2v) is 4.97. The highest BCUT2D eigenvalue weighted by Crippen LogP contribution is 2.36. The first-order chi connectivity index (χ1) is 7.18. The van der Waals surface area contributed by atoms with Crippen molar-refractivity contribution in [2.24, 2.45) is 11.8 Å². The Labute approximate surface area is 92.9 Å². The highest BCUT2D eigenvalue weighted by Gasteiger charge is 2.31. The van der Waals surface area contributed by atoms with E-state index < -0.39 is 0 Å². The van der Waals surface area contributed by atoms with E-state index in [9.17, 15) is 0 Å². The second-order valence-electron chi connectivity index (χ2n) is 4.97. The van der Waals surface area contributed by atoms with Crippen LogP contribution in [-0.2, 0) is 6.54 Å². The van der Waals surface area contributed by atoms with Crippen molar-refractivity contribution in [3.63, 3.8) is 0 Å². The lowest BCUT2D eigenvalue weighted by molar-refractivity contribution is 0.609. The van der Waals surface area contributed by atoms with Gasteiger partial charge in [0, 0.05) is 6.54 Å². The molecule has 1 nitrogen and oxygen atoms in total. The molecule has 1 aromatic rings. The third-order valence-corrected chi connectivity index (χ3v) is 3.63. The average molecular weight is 203 g/mol. The third kappa shape index (κ3) is 2.60. The summed E-state index contributed by atoms with van der Waals surface area (Å²) in [6.07, 6.45) is 1.42. The molecule has 1 aliphatic rings. The van der Waals surface area contributed by atoms with Crippen molar-refractivity contribution < 1.29 is 0 Å². The van der Waals surface area contributed by atoms with Gasteiger partial charge >= 0.3 is 0 Å². The molecule has 2 unspecified atom stereocenters. The van der Waals surface area contributed by atoms with Crippen molar-refractivity contribution in [3.8, 4) is 0 Å². The van der Waals surface area contributed by atoms with Crippen LogP contribution in [0.4, 0.5) is 0 Å². The predicted octanol–water partition coefficient (Wildman–Crippen LogP) is 3.05. The number of hydrogen-bond donors (Lipinski definition) is 1. The summed E-state index contributed by atoms with van der Waals surface area (Å²) in [5.74, 6) is 1.89. The summed E-state index contributed by atoms with van der Waals surface area (Å²) < 4.78 is 0. The Hall–Kier alpha value is -0.820.